The zero-order chi connectivity index (χ0) is 12.7. The van der Waals surface area contributed by atoms with E-state index in [4.69, 9.17) is 9.47 Å². The minimum absolute atomic E-state index is 0.0402. The highest BCUT2D eigenvalue weighted by Crippen LogP contribution is 2.04. The summed E-state index contributed by atoms with van der Waals surface area (Å²) in [4.78, 5) is 22.3. The fourth-order valence-corrected chi connectivity index (χ4v) is 1.49. The van der Waals surface area contributed by atoms with Gasteiger partial charge < -0.3 is 9.47 Å². The molecule has 5 heteroatoms. The van der Waals surface area contributed by atoms with Gasteiger partial charge in [-0.25, -0.2) is 4.79 Å². The molecule has 0 saturated heterocycles. The van der Waals surface area contributed by atoms with Crippen molar-refractivity contribution in [2.24, 2.45) is 0 Å². The molecule has 0 aliphatic rings. The van der Waals surface area contributed by atoms with Crippen molar-refractivity contribution in [1.29, 1.82) is 0 Å². The molecule has 0 aliphatic heterocycles. The Hall–Kier alpha value is -1.36. The third kappa shape index (κ3) is 4.99. The maximum Gasteiger partial charge on any atom is 0.338 e. The maximum atomic E-state index is 11.6. The highest BCUT2D eigenvalue weighted by Gasteiger charge is 2.14. The van der Waals surface area contributed by atoms with Crippen LogP contribution < -0.4 is 0 Å². The van der Waals surface area contributed by atoms with E-state index < -0.39 is 18.0 Å². The number of halogens is 1. The molecular weight excluding hydrogens is 288 g/mol. The SMILES string of the molecule is CC(=O)O[C@H](CBr)COC(=O)c1ccccc1. The van der Waals surface area contributed by atoms with Crippen LogP contribution in [0.3, 0.4) is 0 Å². The van der Waals surface area contributed by atoms with Crippen LogP contribution in [0.5, 0.6) is 0 Å². The van der Waals surface area contributed by atoms with E-state index in [1.165, 1.54) is 6.92 Å². The average Bonchev–Trinajstić information content (AvgIpc) is 2.34. The highest BCUT2D eigenvalue weighted by atomic mass is 79.9. The van der Waals surface area contributed by atoms with Gasteiger partial charge in [0.05, 0.1) is 5.56 Å². The Balaban J connectivity index is 2.44. The molecule has 0 fully saturated rings. The molecule has 0 heterocycles. The van der Waals surface area contributed by atoms with Crippen molar-refractivity contribution in [3.05, 3.63) is 35.9 Å². The predicted octanol–water partition coefficient (Wildman–Crippen LogP) is 2.17. The van der Waals surface area contributed by atoms with Crippen molar-refractivity contribution in [1.82, 2.24) is 0 Å². The van der Waals surface area contributed by atoms with Crippen LogP contribution >= 0.6 is 15.9 Å². The first-order chi connectivity index (χ1) is 8.13. The second-order valence-corrected chi connectivity index (χ2v) is 4.00. The summed E-state index contributed by atoms with van der Waals surface area (Å²) in [5, 5.41) is 0.425. The summed E-state index contributed by atoms with van der Waals surface area (Å²) in [5.41, 5.74) is 0.476. The molecule has 17 heavy (non-hydrogen) atoms. The number of esters is 2. The van der Waals surface area contributed by atoms with Crippen molar-refractivity contribution in [3.8, 4) is 0 Å². The van der Waals surface area contributed by atoms with E-state index in [1.807, 2.05) is 6.07 Å². The first-order valence-electron chi connectivity index (χ1n) is 5.09. The van der Waals surface area contributed by atoms with Gasteiger partial charge in [0.2, 0.25) is 0 Å². The Morgan fingerprint density at radius 2 is 1.94 bits per heavy atom. The van der Waals surface area contributed by atoms with Crippen LogP contribution in [0.4, 0.5) is 0 Å². The number of carbonyl (C=O) groups excluding carboxylic acids is 2. The van der Waals surface area contributed by atoms with Crippen molar-refractivity contribution in [3.63, 3.8) is 0 Å². The molecule has 0 N–H and O–H groups in total. The Bertz CT molecular complexity index is 377. The van der Waals surface area contributed by atoms with Gasteiger partial charge in [-0.05, 0) is 12.1 Å². The lowest BCUT2D eigenvalue weighted by Crippen LogP contribution is -2.25. The first kappa shape index (κ1) is 13.7. The lowest BCUT2D eigenvalue weighted by molar-refractivity contribution is -0.147. The van der Waals surface area contributed by atoms with Gasteiger partial charge in [0.1, 0.15) is 12.7 Å². The number of hydrogen-bond donors (Lipinski definition) is 0. The van der Waals surface area contributed by atoms with E-state index in [-0.39, 0.29) is 6.61 Å². The van der Waals surface area contributed by atoms with Crippen LogP contribution in [-0.4, -0.2) is 30.0 Å². The van der Waals surface area contributed by atoms with Crippen molar-refractivity contribution in [2.45, 2.75) is 13.0 Å². The molecule has 1 rings (SSSR count). The summed E-state index contributed by atoms with van der Waals surface area (Å²) in [6.45, 7) is 1.35. The van der Waals surface area contributed by atoms with E-state index in [2.05, 4.69) is 15.9 Å². The van der Waals surface area contributed by atoms with Gasteiger partial charge in [0.15, 0.2) is 0 Å². The molecule has 0 amide bonds. The molecule has 0 unspecified atom stereocenters. The maximum absolute atomic E-state index is 11.6. The second kappa shape index (κ2) is 7.06. The van der Waals surface area contributed by atoms with E-state index in [0.29, 0.717) is 10.9 Å². The minimum Gasteiger partial charge on any atom is -0.458 e. The second-order valence-electron chi connectivity index (χ2n) is 3.35. The average molecular weight is 301 g/mol. The van der Waals surface area contributed by atoms with E-state index >= 15 is 0 Å². The Labute approximate surface area is 108 Å². The summed E-state index contributed by atoms with van der Waals surface area (Å²) in [7, 11) is 0. The van der Waals surface area contributed by atoms with Gasteiger partial charge in [-0.2, -0.15) is 0 Å². The molecular formula is C12H13BrO4. The molecule has 0 bridgehead atoms. The molecule has 1 atom stereocenters. The lowest BCUT2D eigenvalue weighted by Gasteiger charge is -2.14. The standard InChI is InChI=1S/C12H13BrO4/c1-9(14)17-11(7-13)8-16-12(15)10-5-3-2-4-6-10/h2-6,11H,7-8H2,1H3/t11-/m1/s1. The van der Waals surface area contributed by atoms with Gasteiger partial charge >= 0.3 is 11.9 Å². The van der Waals surface area contributed by atoms with E-state index in [0.717, 1.165) is 0 Å². The van der Waals surface area contributed by atoms with Gasteiger partial charge in [0.25, 0.3) is 0 Å². The van der Waals surface area contributed by atoms with Gasteiger partial charge in [-0.15, -0.1) is 0 Å². The van der Waals surface area contributed by atoms with Crippen LogP contribution in [0.2, 0.25) is 0 Å². The number of ether oxygens (including phenoxy) is 2. The van der Waals surface area contributed by atoms with E-state index in [1.54, 1.807) is 24.3 Å². The smallest absolute Gasteiger partial charge is 0.338 e. The minimum atomic E-state index is -0.458. The molecule has 0 radical (unpaired) electrons. The molecule has 92 valence electrons. The third-order valence-electron chi connectivity index (χ3n) is 1.91. The third-order valence-corrected chi connectivity index (χ3v) is 2.64. The van der Waals surface area contributed by atoms with Crippen LogP contribution in [0.25, 0.3) is 0 Å². The summed E-state index contributed by atoms with van der Waals surface area (Å²) >= 11 is 3.18. The Morgan fingerprint density at radius 1 is 1.29 bits per heavy atom. The molecule has 0 aliphatic carbocycles. The summed E-state index contributed by atoms with van der Waals surface area (Å²) < 4.78 is 9.96. The van der Waals surface area contributed by atoms with Crippen LogP contribution in [0, 0.1) is 0 Å². The van der Waals surface area contributed by atoms with E-state index in [9.17, 15) is 9.59 Å². The largest absolute Gasteiger partial charge is 0.458 e. The predicted molar refractivity (Wildman–Crippen MR) is 66.1 cm³/mol. The summed E-state index contributed by atoms with van der Waals surface area (Å²) in [6.07, 6.45) is -0.458. The number of alkyl halides is 1. The van der Waals surface area contributed by atoms with Crippen LogP contribution in [0.15, 0.2) is 30.3 Å². The normalized spacial score (nSPS) is 11.6. The molecule has 0 spiro atoms. The fraction of sp³-hybridized carbons (Fsp3) is 0.333. The number of hydrogen-bond acceptors (Lipinski definition) is 4. The lowest BCUT2D eigenvalue weighted by atomic mass is 10.2. The fourth-order valence-electron chi connectivity index (χ4n) is 1.17. The molecule has 0 aromatic heterocycles. The highest BCUT2D eigenvalue weighted by molar-refractivity contribution is 9.09. The number of carbonyl (C=O) groups is 2. The molecule has 0 saturated carbocycles. The van der Waals surface area contributed by atoms with Crippen LogP contribution in [0.1, 0.15) is 17.3 Å². The van der Waals surface area contributed by atoms with Gasteiger partial charge in [0, 0.05) is 12.3 Å². The van der Waals surface area contributed by atoms with Gasteiger partial charge in [-0.1, -0.05) is 34.1 Å². The van der Waals surface area contributed by atoms with Crippen molar-refractivity contribution in [2.75, 3.05) is 11.9 Å². The molecule has 1 aromatic rings. The molecule has 1 aromatic carbocycles. The zero-order valence-electron chi connectivity index (χ0n) is 9.39. The number of rotatable bonds is 5. The number of benzene rings is 1. The van der Waals surface area contributed by atoms with Crippen LogP contribution in [-0.2, 0) is 14.3 Å². The van der Waals surface area contributed by atoms with Gasteiger partial charge in [-0.3, -0.25) is 4.79 Å². The molecule has 4 nitrogen and oxygen atoms in total. The summed E-state index contributed by atoms with van der Waals surface area (Å²) in [6, 6.07) is 8.65. The Morgan fingerprint density at radius 3 is 2.47 bits per heavy atom. The topological polar surface area (TPSA) is 52.6 Å². The Kier molecular flexibility index (Phi) is 5.69. The summed E-state index contributed by atoms with van der Waals surface area (Å²) in [5.74, 6) is -0.825. The first-order valence-corrected chi connectivity index (χ1v) is 6.21. The van der Waals surface area contributed by atoms with Crippen molar-refractivity contribution < 1.29 is 19.1 Å². The quantitative estimate of drug-likeness (QED) is 0.618. The van der Waals surface area contributed by atoms with Crippen molar-refractivity contribution >= 4 is 27.9 Å². The monoisotopic (exact) mass is 300 g/mol. The zero-order valence-corrected chi connectivity index (χ0v) is 11.0.